The van der Waals surface area contributed by atoms with Crippen LogP contribution >= 0.6 is 27.5 Å². The van der Waals surface area contributed by atoms with Crippen LogP contribution in [-0.4, -0.2) is 0 Å². The second kappa shape index (κ2) is 4.81. The standard InChI is InChI=1S/C14H13BrClN/c1-14(17,10-4-2-6-12(15)8-10)11-5-3-7-13(16)9-11/h2-9H,17H2,1H3. The molecule has 0 fully saturated rings. The summed E-state index contributed by atoms with van der Waals surface area (Å²) < 4.78 is 1.02. The van der Waals surface area contributed by atoms with Gasteiger partial charge in [-0.3, -0.25) is 0 Å². The Bertz CT molecular complexity index is 490. The van der Waals surface area contributed by atoms with Crippen molar-refractivity contribution in [3.05, 3.63) is 69.2 Å². The van der Waals surface area contributed by atoms with Gasteiger partial charge in [-0.05, 0) is 42.3 Å². The van der Waals surface area contributed by atoms with Gasteiger partial charge in [-0.25, -0.2) is 0 Å². The number of hydrogen-bond donors (Lipinski definition) is 1. The minimum absolute atomic E-state index is 0.547. The summed E-state index contributed by atoms with van der Waals surface area (Å²) in [7, 11) is 0. The zero-order chi connectivity index (χ0) is 12.5. The van der Waals surface area contributed by atoms with E-state index < -0.39 is 5.54 Å². The lowest BCUT2D eigenvalue weighted by atomic mass is 9.86. The molecule has 0 aliphatic carbocycles. The van der Waals surface area contributed by atoms with E-state index in [1.807, 2.05) is 55.5 Å². The van der Waals surface area contributed by atoms with Crippen LogP contribution in [0.5, 0.6) is 0 Å². The maximum Gasteiger partial charge on any atom is 0.0637 e. The molecule has 2 aromatic rings. The Morgan fingerprint density at radius 2 is 1.65 bits per heavy atom. The maximum atomic E-state index is 6.42. The molecule has 1 unspecified atom stereocenters. The predicted octanol–water partition coefficient (Wildman–Crippen LogP) is 4.32. The molecule has 2 N–H and O–H groups in total. The van der Waals surface area contributed by atoms with Gasteiger partial charge in [-0.15, -0.1) is 0 Å². The molecule has 0 bridgehead atoms. The zero-order valence-corrected chi connectivity index (χ0v) is 11.8. The van der Waals surface area contributed by atoms with Gasteiger partial charge >= 0.3 is 0 Å². The van der Waals surface area contributed by atoms with Crippen molar-refractivity contribution in [1.82, 2.24) is 0 Å². The average molecular weight is 311 g/mol. The highest BCUT2D eigenvalue weighted by molar-refractivity contribution is 9.10. The van der Waals surface area contributed by atoms with Gasteiger partial charge in [-0.2, -0.15) is 0 Å². The van der Waals surface area contributed by atoms with Crippen molar-refractivity contribution in [3.8, 4) is 0 Å². The first-order valence-electron chi connectivity index (χ1n) is 5.31. The number of benzene rings is 2. The van der Waals surface area contributed by atoms with Gasteiger partial charge in [0.1, 0.15) is 0 Å². The van der Waals surface area contributed by atoms with E-state index in [4.69, 9.17) is 17.3 Å². The molecule has 0 aliphatic rings. The van der Waals surface area contributed by atoms with Crippen LogP contribution in [-0.2, 0) is 5.54 Å². The van der Waals surface area contributed by atoms with E-state index in [0.29, 0.717) is 5.02 Å². The van der Waals surface area contributed by atoms with E-state index in [1.54, 1.807) is 0 Å². The van der Waals surface area contributed by atoms with Crippen LogP contribution in [0.4, 0.5) is 0 Å². The Hall–Kier alpha value is -0.830. The first-order chi connectivity index (χ1) is 8.00. The van der Waals surface area contributed by atoms with Crippen LogP contribution < -0.4 is 5.73 Å². The second-order valence-corrected chi connectivity index (χ2v) is 5.58. The van der Waals surface area contributed by atoms with E-state index in [-0.39, 0.29) is 0 Å². The highest BCUT2D eigenvalue weighted by Crippen LogP contribution is 2.29. The summed E-state index contributed by atoms with van der Waals surface area (Å²) in [5.74, 6) is 0. The molecule has 3 heteroatoms. The molecule has 0 amide bonds. The van der Waals surface area contributed by atoms with Crippen molar-refractivity contribution >= 4 is 27.5 Å². The van der Waals surface area contributed by atoms with Gasteiger partial charge in [0.05, 0.1) is 5.54 Å². The van der Waals surface area contributed by atoms with Crippen LogP contribution in [0.3, 0.4) is 0 Å². The van der Waals surface area contributed by atoms with Crippen molar-refractivity contribution < 1.29 is 0 Å². The third kappa shape index (κ3) is 2.71. The van der Waals surface area contributed by atoms with Gasteiger partial charge in [0.15, 0.2) is 0 Å². The molecule has 0 aliphatic heterocycles. The van der Waals surface area contributed by atoms with Gasteiger partial charge in [-0.1, -0.05) is 51.8 Å². The average Bonchev–Trinajstić information content (AvgIpc) is 2.29. The number of hydrogen-bond acceptors (Lipinski definition) is 1. The second-order valence-electron chi connectivity index (χ2n) is 4.22. The van der Waals surface area contributed by atoms with E-state index in [0.717, 1.165) is 15.6 Å². The fourth-order valence-corrected chi connectivity index (χ4v) is 2.38. The van der Waals surface area contributed by atoms with Crippen molar-refractivity contribution in [1.29, 1.82) is 0 Å². The molecule has 1 atom stereocenters. The summed E-state index contributed by atoms with van der Waals surface area (Å²) in [5, 5.41) is 0.703. The zero-order valence-electron chi connectivity index (χ0n) is 9.45. The van der Waals surface area contributed by atoms with Gasteiger partial charge in [0.2, 0.25) is 0 Å². The molecule has 0 spiro atoms. The summed E-state index contributed by atoms with van der Waals surface area (Å²) in [6, 6.07) is 15.7. The van der Waals surface area contributed by atoms with Crippen molar-refractivity contribution in [2.24, 2.45) is 5.73 Å². The number of nitrogens with two attached hydrogens (primary N) is 1. The fourth-order valence-electron chi connectivity index (χ4n) is 1.79. The molecule has 88 valence electrons. The Kier molecular flexibility index (Phi) is 3.57. The molecule has 17 heavy (non-hydrogen) atoms. The van der Waals surface area contributed by atoms with E-state index in [9.17, 15) is 0 Å². The molecule has 0 heterocycles. The molecule has 2 rings (SSSR count). The third-order valence-corrected chi connectivity index (χ3v) is 3.58. The third-order valence-electron chi connectivity index (χ3n) is 2.85. The molecule has 0 radical (unpaired) electrons. The van der Waals surface area contributed by atoms with E-state index in [1.165, 1.54) is 0 Å². The Labute approximate surface area is 115 Å². The summed E-state index contributed by atoms with van der Waals surface area (Å²) in [5.41, 5.74) is 7.92. The Morgan fingerprint density at radius 3 is 2.24 bits per heavy atom. The quantitative estimate of drug-likeness (QED) is 0.878. The largest absolute Gasteiger partial charge is 0.318 e. The minimum atomic E-state index is -0.547. The topological polar surface area (TPSA) is 26.0 Å². The molecule has 0 aromatic heterocycles. The van der Waals surface area contributed by atoms with E-state index in [2.05, 4.69) is 15.9 Å². The van der Waals surface area contributed by atoms with E-state index >= 15 is 0 Å². The van der Waals surface area contributed by atoms with Crippen LogP contribution in [0.25, 0.3) is 0 Å². The Morgan fingerprint density at radius 1 is 1.06 bits per heavy atom. The first-order valence-corrected chi connectivity index (χ1v) is 6.48. The summed E-state index contributed by atoms with van der Waals surface area (Å²) in [6.45, 7) is 1.99. The summed E-state index contributed by atoms with van der Waals surface area (Å²) in [6.07, 6.45) is 0. The van der Waals surface area contributed by atoms with Crippen LogP contribution in [0.2, 0.25) is 5.02 Å². The fraction of sp³-hybridized carbons (Fsp3) is 0.143. The van der Waals surface area contributed by atoms with Crippen molar-refractivity contribution in [2.75, 3.05) is 0 Å². The van der Waals surface area contributed by atoms with Crippen molar-refractivity contribution in [3.63, 3.8) is 0 Å². The lowest BCUT2D eigenvalue weighted by Crippen LogP contribution is -2.34. The molecular weight excluding hydrogens is 298 g/mol. The summed E-state index contributed by atoms with van der Waals surface area (Å²) in [4.78, 5) is 0. The molecule has 2 aromatic carbocycles. The predicted molar refractivity (Wildman–Crippen MR) is 76.2 cm³/mol. The van der Waals surface area contributed by atoms with Crippen LogP contribution in [0.15, 0.2) is 53.0 Å². The minimum Gasteiger partial charge on any atom is -0.318 e. The first kappa shape index (κ1) is 12.6. The normalized spacial score (nSPS) is 14.4. The highest BCUT2D eigenvalue weighted by Gasteiger charge is 2.23. The highest BCUT2D eigenvalue weighted by atomic mass is 79.9. The van der Waals surface area contributed by atoms with Crippen molar-refractivity contribution in [2.45, 2.75) is 12.5 Å². The monoisotopic (exact) mass is 309 g/mol. The maximum absolute atomic E-state index is 6.42. The summed E-state index contributed by atoms with van der Waals surface area (Å²) >= 11 is 9.46. The number of halogens is 2. The van der Waals surface area contributed by atoms with Gasteiger partial charge < -0.3 is 5.73 Å². The number of rotatable bonds is 2. The SMILES string of the molecule is CC(N)(c1cccc(Cl)c1)c1cccc(Br)c1. The smallest absolute Gasteiger partial charge is 0.0637 e. The Balaban J connectivity index is 2.49. The molecule has 1 nitrogen and oxygen atoms in total. The molecule has 0 saturated heterocycles. The lowest BCUT2D eigenvalue weighted by Gasteiger charge is -2.26. The lowest BCUT2D eigenvalue weighted by molar-refractivity contribution is 0.603. The van der Waals surface area contributed by atoms with Gasteiger partial charge in [0.25, 0.3) is 0 Å². The molecular formula is C14H13BrClN. The van der Waals surface area contributed by atoms with Crippen LogP contribution in [0, 0.1) is 0 Å². The molecule has 0 saturated carbocycles. The van der Waals surface area contributed by atoms with Crippen LogP contribution in [0.1, 0.15) is 18.1 Å². The van der Waals surface area contributed by atoms with Gasteiger partial charge in [0, 0.05) is 9.50 Å².